The Morgan fingerprint density at radius 2 is 2.20 bits per heavy atom. The smallest absolute Gasteiger partial charge is 0.223 e. The van der Waals surface area contributed by atoms with Crippen molar-refractivity contribution in [3.8, 4) is 11.5 Å². The summed E-state index contributed by atoms with van der Waals surface area (Å²) in [6.45, 7) is 2.25. The number of ether oxygens (including phenoxy) is 2. The minimum Gasteiger partial charge on any atom is -0.493 e. The minimum absolute atomic E-state index is 0.0404. The maximum absolute atomic E-state index is 11.5. The molecule has 0 unspecified atom stereocenters. The van der Waals surface area contributed by atoms with Crippen molar-refractivity contribution in [2.75, 3.05) is 13.7 Å². The van der Waals surface area contributed by atoms with E-state index < -0.39 is 0 Å². The highest BCUT2D eigenvalue weighted by molar-refractivity contribution is 5.76. The standard InChI is InChI=1S/C15H22N2O3/c1-10(16)11-3-6-13(14(9-11)19-2)20-8-7-15(18)17-12-4-5-12/h3,6,9-10,12H,4-5,7-8,16H2,1-2H3,(H,17,18)/t10-/m1/s1. The molecule has 1 atom stereocenters. The summed E-state index contributed by atoms with van der Waals surface area (Å²) in [7, 11) is 1.59. The van der Waals surface area contributed by atoms with Crippen molar-refractivity contribution in [1.29, 1.82) is 0 Å². The third-order valence-corrected chi connectivity index (χ3v) is 3.24. The molecule has 0 spiro atoms. The van der Waals surface area contributed by atoms with Crippen LogP contribution in [0.25, 0.3) is 0 Å². The van der Waals surface area contributed by atoms with Crippen LogP contribution < -0.4 is 20.5 Å². The predicted molar refractivity (Wildman–Crippen MR) is 76.9 cm³/mol. The van der Waals surface area contributed by atoms with E-state index in [2.05, 4.69) is 5.32 Å². The third kappa shape index (κ3) is 4.13. The van der Waals surface area contributed by atoms with Gasteiger partial charge in [0.05, 0.1) is 20.1 Å². The van der Waals surface area contributed by atoms with Crippen molar-refractivity contribution in [2.24, 2.45) is 5.73 Å². The molecule has 1 aliphatic rings. The highest BCUT2D eigenvalue weighted by Gasteiger charge is 2.22. The molecule has 1 fully saturated rings. The average Bonchev–Trinajstić information content (AvgIpc) is 3.22. The second-order valence-corrected chi connectivity index (χ2v) is 5.14. The first-order chi connectivity index (χ1) is 9.60. The van der Waals surface area contributed by atoms with E-state index in [9.17, 15) is 4.79 Å². The minimum atomic E-state index is -0.0535. The van der Waals surface area contributed by atoms with Crippen LogP contribution in [-0.4, -0.2) is 25.7 Å². The first-order valence-corrected chi connectivity index (χ1v) is 6.96. The van der Waals surface area contributed by atoms with Crippen molar-refractivity contribution in [2.45, 2.75) is 38.3 Å². The van der Waals surface area contributed by atoms with E-state index in [0.717, 1.165) is 18.4 Å². The van der Waals surface area contributed by atoms with E-state index in [1.54, 1.807) is 7.11 Å². The van der Waals surface area contributed by atoms with Gasteiger partial charge in [0.1, 0.15) is 0 Å². The lowest BCUT2D eigenvalue weighted by atomic mass is 10.1. The Labute approximate surface area is 119 Å². The van der Waals surface area contributed by atoms with Gasteiger partial charge in [0.15, 0.2) is 11.5 Å². The van der Waals surface area contributed by atoms with Crippen molar-refractivity contribution in [3.63, 3.8) is 0 Å². The summed E-state index contributed by atoms with van der Waals surface area (Å²) in [4.78, 5) is 11.5. The molecule has 5 nitrogen and oxygen atoms in total. The van der Waals surface area contributed by atoms with Crippen molar-refractivity contribution < 1.29 is 14.3 Å². The molecule has 1 aromatic carbocycles. The molecule has 0 aliphatic heterocycles. The largest absolute Gasteiger partial charge is 0.493 e. The Morgan fingerprint density at radius 1 is 1.45 bits per heavy atom. The lowest BCUT2D eigenvalue weighted by Gasteiger charge is -2.13. The number of rotatable bonds is 7. The fourth-order valence-electron chi connectivity index (χ4n) is 1.87. The van der Waals surface area contributed by atoms with Gasteiger partial charge >= 0.3 is 0 Å². The number of nitrogens with two attached hydrogens (primary N) is 1. The van der Waals surface area contributed by atoms with E-state index >= 15 is 0 Å². The fourth-order valence-corrected chi connectivity index (χ4v) is 1.87. The third-order valence-electron chi connectivity index (χ3n) is 3.24. The Morgan fingerprint density at radius 3 is 2.80 bits per heavy atom. The van der Waals surface area contributed by atoms with Crippen LogP contribution in [0.5, 0.6) is 11.5 Å². The van der Waals surface area contributed by atoms with E-state index in [1.165, 1.54) is 0 Å². The van der Waals surface area contributed by atoms with Crippen LogP contribution in [0, 0.1) is 0 Å². The van der Waals surface area contributed by atoms with Gasteiger partial charge in [-0.15, -0.1) is 0 Å². The summed E-state index contributed by atoms with van der Waals surface area (Å²) in [5.41, 5.74) is 6.82. The number of methoxy groups -OCH3 is 1. The highest BCUT2D eigenvalue weighted by Crippen LogP contribution is 2.29. The Balaban J connectivity index is 1.86. The molecule has 0 heterocycles. The summed E-state index contributed by atoms with van der Waals surface area (Å²) in [5.74, 6) is 1.32. The zero-order chi connectivity index (χ0) is 14.5. The van der Waals surface area contributed by atoms with Crippen LogP contribution in [0.4, 0.5) is 0 Å². The number of benzene rings is 1. The van der Waals surface area contributed by atoms with Crippen LogP contribution in [0.15, 0.2) is 18.2 Å². The number of hydrogen-bond acceptors (Lipinski definition) is 4. The molecule has 0 aromatic heterocycles. The van der Waals surface area contributed by atoms with Gasteiger partial charge in [-0.25, -0.2) is 0 Å². The summed E-state index contributed by atoms with van der Waals surface area (Å²) >= 11 is 0. The molecular weight excluding hydrogens is 256 g/mol. The molecular formula is C15H22N2O3. The van der Waals surface area contributed by atoms with Crippen LogP contribution in [0.1, 0.15) is 37.8 Å². The van der Waals surface area contributed by atoms with Gasteiger partial charge in [-0.05, 0) is 37.5 Å². The van der Waals surface area contributed by atoms with Gasteiger partial charge < -0.3 is 20.5 Å². The number of hydrogen-bond donors (Lipinski definition) is 2. The van der Waals surface area contributed by atoms with E-state index in [1.807, 2.05) is 25.1 Å². The summed E-state index contributed by atoms with van der Waals surface area (Å²) in [6.07, 6.45) is 2.55. The first-order valence-electron chi connectivity index (χ1n) is 6.96. The van der Waals surface area contributed by atoms with Crippen LogP contribution >= 0.6 is 0 Å². The molecule has 5 heteroatoms. The van der Waals surface area contributed by atoms with Gasteiger partial charge in [-0.3, -0.25) is 4.79 Å². The number of carbonyl (C=O) groups is 1. The Bertz CT molecular complexity index is 470. The topological polar surface area (TPSA) is 73.6 Å². The fraction of sp³-hybridized carbons (Fsp3) is 0.533. The van der Waals surface area contributed by atoms with Gasteiger partial charge in [0, 0.05) is 12.1 Å². The van der Waals surface area contributed by atoms with Crippen molar-refractivity contribution >= 4 is 5.91 Å². The molecule has 0 radical (unpaired) electrons. The number of carbonyl (C=O) groups excluding carboxylic acids is 1. The van der Waals surface area contributed by atoms with E-state index in [0.29, 0.717) is 30.6 Å². The zero-order valence-electron chi connectivity index (χ0n) is 12.0. The lowest BCUT2D eigenvalue weighted by Crippen LogP contribution is -2.26. The maximum Gasteiger partial charge on any atom is 0.223 e. The first kappa shape index (κ1) is 14.7. The molecule has 1 saturated carbocycles. The predicted octanol–water partition coefficient (Wildman–Crippen LogP) is 1.76. The van der Waals surface area contributed by atoms with Crippen molar-refractivity contribution in [1.82, 2.24) is 5.32 Å². The van der Waals surface area contributed by atoms with Gasteiger partial charge in [-0.2, -0.15) is 0 Å². The molecule has 1 aromatic rings. The highest BCUT2D eigenvalue weighted by atomic mass is 16.5. The molecule has 0 saturated heterocycles. The number of amides is 1. The summed E-state index contributed by atoms with van der Waals surface area (Å²) in [6, 6.07) is 5.94. The molecule has 1 aliphatic carbocycles. The number of nitrogens with one attached hydrogen (secondary N) is 1. The Hall–Kier alpha value is -1.75. The van der Waals surface area contributed by atoms with E-state index in [4.69, 9.17) is 15.2 Å². The molecule has 20 heavy (non-hydrogen) atoms. The second kappa shape index (κ2) is 6.61. The SMILES string of the molecule is COc1cc([C@@H](C)N)ccc1OCCC(=O)NC1CC1. The van der Waals surface area contributed by atoms with Gasteiger partial charge in [0.25, 0.3) is 0 Å². The van der Waals surface area contributed by atoms with Crippen LogP contribution in [-0.2, 0) is 4.79 Å². The van der Waals surface area contributed by atoms with Crippen molar-refractivity contribution in [3.05, 3.63) is 23.8 Å². The monoisotopic (exact) mass is 278 g/mol. The second-order valence-electron chi connectivity index (χ2n) is 5.14. The zero-order valence-corrected chi connectivity index (χ0v) is 12.0. The maximum atomic E-state index is 11.5. The summed E-state index contributed by atoms with van der Waals surface area (Å²) < 4.78 is 10.9. The molecule has 2 rings (SSSR count). The quantitative estimate of drug-likeness (QED) is 0.797. The lowest BCUT2D eigenvalue weighted by molar-refractivity contribution is -0.121. The summed E-state index contributed by atoms with van der Waals surface area (Å²) in [5, 5.41) is 2.93. The van der Waals surface area contributed by atoms with Gasteiger partial charge in [-0.1, -0.05) is 6.07 Å². The van der Waals surface area contributed by atoms with Crippen LogP contribution in [0.3, 0.4) is 0 Å². The molecule has 110 valence electrons. The van der Waals surface area contributed by atoms with E-state index in [-0.39, 0.29) is 11.9 Å². The van der Waals surface area contributed by atoms with Crippen LogP contribution in [0.2, 0.25) is 0 Å². The molecule has 3 N–H and O–H groups in total. The normalized spacial score (nSPS) is 15.6. The molecule has 0 bridgehead atoms. The van der Waals surface area contributed by atoms with Gasteiger partial charge in [0.2, 0.25) is 5.91 Å². The molecule has 1 amide bonds. The average molecular weight is 278 g/mol. The Kier molecular flexibility index (Phi) is 4.84.